The molecule has 1 fully saturated rings. The van der Waals surface area contributed by atoms with E-state index in [-0.39, 0.29) is 23.0 Å². The molecule has 1 aliphatic rings. The molecule has 1 saturated heterocycles. The molecule has 1 amide bonds. The fourth-order valence-corrected chi connectivity index (χ4v) is 1.98. The highest BCUT2D eigenvalue weighted by atomic mass is 35.5. The van der Waals surface area contributed by atoms with Gasteiger partial charge in [0.15, 0.2) is 0 Å². The van der Waals surface area contributed by atoms with Crippen molar-refractivity contribution >= 4 is 23.3 Å². The molecule has 0 saturated carbocycles. The second-order valence-electron chi connectivity index (χ2n) is 3.99. The van der Waals surface area contributed by atoms with Crippen molar-refractivity contribution in [2.24, 2.45) is 0 Å². The van der Waals surface area contributed by atoms with Crippen LogP contribution >= 0.6 is 11.6 Å². The van der Waals surface area contributed by atoms with Crippen LogP contribution in [0.25, 0.3) is 0 Å². The summed E-state index contributed by atoms with van der Waals surface area (Å²) in [5.41, 5.74) is 0.187. The Bertz CT molecular complexity index is 463. The summed E-state index contributed by atoms with van der Waals surface area (Å²) in [4.78, 5) is 24.7. The van der Waals surface area contributed by atoms with E-state index in [4.69, 9.17) is 11.6 Å². The third kappa shape index (κ3) is 2.58. The number of rotatable bonds is 1. The van der Waals surface area contributed by atoms with E-state index in [1.54, 1.807) is 4.90 Å². The third-order valence-electron chi connectivity index (χ3n) is 2.80. The number of halogens is 1. The molecule has 1 aliphatic heterocycles. The summed E-state index contributed by atoms with van der Waals surface area (Å²) in [6, 6.07) is 4.35. The number of amides is 1. The minimum atomic E-state index is -0.280. The molecule has 1 heterocycles. The lowest BCUT2D eigenvalue weighted by Gasteiger charge is -2.26. The van der Waals surface area contributed by atoms with E-state index in [0.29, 0.717) is 31.0 Å². The Kier molecular flexibility index (Phi) is 3.33. The van der Waals surface area contributed by atoms with Crippen molar-refractivity contribution in [1.29, 1.82) is 0 Å². The van der Waals surface area contributed by atoms with Crippen molar-refractivity contribution in [3.8, 4) is 5.75 Å². The number of hydrogen-bond donors (Lipinski definition) is 1. The zero-order valence-electron chi connectivity index (χ0n) is 9.15. The molecular formula is C12H12ClNO3. The van der Waals surface area contributed by atoms with E-state index >= 15 is 0 Å². The van der Waals surface area contributed by atoms with Gasteiger partial charge in [0.1, 0.15) is 11.5 Å². The van der Waals surface area contributed by atoms with Gasteiger partial charge in [-0.2, -0.15) is 0 Å². The number of hydrogen-bond acceptors (Lipinski definition) is 3. The number of ketones is 1. The average molecular weight is 254 g/mol. The number of piperidine rings is 1. The molecule has 0 aliphatic carbocycles. The Labute approximate surface area is 104 Å². The van der Waals surface area contributed by atoms with Gasteiger partial charge in [-0.1, -0.05) is 11.6 Å². The molecular weight excluding hydrogens is 242 g/mol. The van der Waals surface area contributed by atoms with Crippen molar-refractivity contribution in [2.75, 3.05) is 13.1 Å². The van der Waals surface area contributed by atoms with Crippen LogP contribution in [0.2, 0.25) is 5.02 Å². The van der Waals surface area contributed by atoms with Gasteiger partial charge in [0.05, 0.1) is 5.56 Å². The number of nitrogens with zero attached hydrogens (tertiary/aromatic N) is 1. The highest BCUT2D eigenvalue weighted by Crippen LogP contribution is 2.23. The fourth-order valence-electron chi connectivity index (χ4n) is 1.81. The van der Waals surface area contributed by atoms with Crippen LogP contribution in [0.4, 0.5) is 0 Å². The van der Waals surface area contributed by atoms with Crippen LogP contribution < -0.4 is 0 Å². The number of carbonyl (C=O) groups excluding carboxylic acids is 2. The van der Waals surface area contributed by atoms with Crippen LogP contribution in [-0.4, -0.2) is 34.8 Å². The number of phenolic OH excluding ortho intramolecular Hbond substituents is 1. The SMILES string of the molecule is O=C1CCN(C(=O)c2cc(Cl)ccc2O)CC1. The first-order chi connectivity index (χ1) is 8.08. The first kappa shape index (κ1) is 11.9. The van der Waals surface area contributed by atoms with Gasteiger partial charge in [-0.3, -0.25) is 9.59 Å². The molecule has 1 N–H and O–H groups in total. The molecule has 0 spiro atoms. The highest BCUT2D eigenvalue weighted by molar-refractivity contribution is 6.31. The predicted octanol–water partition coefficient (Wildman–Crippen LogP) is 1.85. The Hall–Kier alpha value is -1.55. The smallest absolute Gasteiger partial charge is 0.257 e. The summed E-state index contributed by atoms with van der Waals surface area (Å²) in [5, 5.41) is 10.0. The normalized spacial score (nSPS) is 16.1. The monoisotopic (exact) mass is 253 g/mol. The number of phenols is 1. The summed E-state index contributed by atoms with van der Waals surface area (Å²) in [5.74, 6) is -0.196. The zero-order chi connectivity index (χ0) is 12.4. The lowest BCUT2D eigenvalue weighted by Crippen LogP contribution is -2.38. The lowest BCUT2D eigenvalue weighted by molar-refractivity contribution is -0.120. The number of carbonyl (C=O) groups is 2. The quantitative estimate of drug-likeness (QED) is 0.831. The molecule has 0 radical (unpaired) electrons. The topological polar surface area (TPSA) is 57.6 Å². The van der Waals surface area contributed by atoms with Crippen LogP contribution in [0.3, 0.4) is 0 Å². The maximum atomic E-state index is 12.1. The first-order valence-corrected chi connectivity index (χ1v) is 5.75. The molecule has 2 rings (SSSR count). The number of aromatic hydroxyl groups is 1. The molecule has 0 aromatic heterocycles. The number of benzene rings is 1. The van der Waals surface area contributed by atoms with Gasteiger partial charge in [0, 0.05) is 31.0 Å². The Balaban J connectivity index is 2.19. The largest absolute Gasteiger partial charge is 0.507 e. The summed E-state index contributed by atoms with van der Waals surface area (Å²) in [6.45, 7) is 0.813. The van der Waals surface area contributed by atoms with E-state index in [1.165, 1.54) is 18.2 Å². The Morgan fingerprint density at radius 1 is 1.29 bits per heavy atom. The summed E-state index contributed by atoms with van der Waals surface area (Å²) >= 11 is 5.79. The zero-order valence-corrected chi connectivity index (χ0v) is 9.91. The van der Waals surface area contributed by atoms with Crippen molar-refractivity contribution in [2.45, 2.75) is 12.8 Å². The van der Waals surface area contributed by atoms with Crippen LogP contribution in [0.1, 0.15) is 23.2 Å². The molecule has 1 aromatic carbocycles. The van der Waals surface area contributed by atoms with E-state index in [2.05, 4.69) is 0 Å². The van der Waals surface area contributed by atoms with E-state index in [0.717, 1.165) is 0 Å². The highest BCUT2D eigenvalue weighted by Gasteiger charge is 2.23. The molecule has 90 valence electrons. The molecule has 1 aromatic rings. The summed E-state index contributed by atoms with van der Waals surface area (Å²) in [7, 11) is 0. The van der Waals surface area contributed by atoms with Gasteiger partial charge < -0.3 is 10.0 Å². The first-order valence-electron chi connectivity index (χ1n) is 5.37. The molecule has 4 nitrogen and oxygen atoms in total. The van der Waals surface area contributed by atoms with Crippen LogP contribution in [-0.2, 0) is 4.79 Å². The fraction of sp³-hybridized carbons (Fsp3) is 0.333. The van der Waals surface area contributed by atoms with Gasteiger partial charge >= 0.3 is 0 Å². The van der Waals surface area contributed by atoms with Gasteiger partial charge in [0.2, 0.25) is 0 Å². The van der Waals surface area contributed by atoms with Gasteiger partial charge in [-0.15, -0.1) is 0 Å². The molecule has 17 heavy (non-hydrogen) atoms. The predicted molar refractivity (Wildman–Crippen MR) is 63.3 cm³/mol. The van der Waals surface area contributed by atoms with Gasteiger partial charge in [-0.25, -0.2) is 0 Å². The third-order valence-corrected chi connectivity index (χ3v) is 3.03. The van der Waals surface area contributed by atoms with E-state index < -0.39 is 0 Å². The lowest BCUT2D eigenvalue weighted by atomic mass is 10.1. The second kappa shape index (κ2) is 4.75. The minimum Gasteiger partial charge on any atom is -0.507 e. The van der Waals surface area contributed by atoms with Crippen LogP contribution in [0, 0.1) is 0 Å². The van der Waals surface area contributed by atoms with E-state index in [9.17, 15) is 14.7 Å². The minimum absolute atomic E-state index is 0.0868. The van der Waals surface area contributed by atoms with Crippen molar-refractivity contribution < 1.29 is 14.7 Å². The molecule has 5 heteroatoms. The Morgan fingerprint density at radius 2 is 1.94 bits per heavy atom. The summed E-state index contributed by atoms with van der Waals surface area (Å²) < 4.78 is 0. The Morgan fingerprint density at radius 3 is 2.59 bits per heavy atom. The maximum Gasteiger partial charge on any atom is 0.257 e. The molecule has 0 bridgehead atoms. The van der Waals surface area contributed by atoms with E-state index in [1.807, 2.05) is 0 Å². The van der Waals surface area contributed by atoms with Crippen molar-refractivity contribution in [3.05, 3.63) is 28.8 Å². The number of likely N-dealkylation sites (tertiary alicyclic amines) is 1. The van der Waals surface area contributed by atoms with Crippen LogP contribution in [0.5, 0.6) is 5.75 Å². The van der Waals surface area contributed by atoms with Gasteiger partial charge in [0.25, 0.3) is 5.91 Å². The second-order valence-corrected chi connectivity index (χ2v) is 4.43. The maximum absolute atomic E-state index is 12.1. The average Bonchev–Trinajstić information content (AvgIpc) is 2.32. The number of Topliss-reactive ketones (excluding diaryl/α,β-unsaturated/α-hetero) is 1. The van der Waals surface area contributed by atoms with Crippen LogP contribution in [0.15, 0.2) is 18.2 Å². The van der Waals surface area contributed by atoms with Crippen molar-refractivity contribution in [1.82, 2.24) is 4.90 Å². The summed E-state index contributed by atoms with van der Waals surface area (Å²) in [6.07, 6.45) is 0.764. The standard InChI is InChI=1S/C12H12ClNO3/c13-8-1-2-11(16)10(7-8)12(17)14-5-3-9(15)4-6-14/h1-2,7,16H,3-6H2. The van der Waals surface area contributed by atoms with Gasteiger partial charge in [-0.05, 0) is 18.2 Å². The van der Waals surface area contributed by atoms with Crippen molar-refractivity contribution in [3.63, 3.8) is 0 Å². The molecule has 0 atom stereocenters. The molecule has 0 unspecified atom stereocenters.